The molecule has 1 amide bonds. The normalized spacial score (nSPS) is 9.70. The van der Waals surface area contributed by atoms with Gasteiger partial charge in [0.15, 0.2) is 0 Å². The fourth-order valence-corrected chi connectivity index (χ4v) is 1.49. The zero-order valence-corrected chi connectivity index (χ0v) is 10.3. The molecule has 1 aromatic heterocycles. The van der Waals surface area contributed by atoms with Crippen molar-refractivity contribution >= 4 is 11.6 Å². The summed E-state index contributed by atoms with van der Waals surface area (Å²) >= 11 is 0. The lowest BCUT2D eigenvalue weighted by Crippen LogP contribution is -2.14. The maximum Gasteiger partial charge on any atom is 0.323 e. The minimum absolute atomic E-state index is 0.0578. The van der Waals surface area contributed by atoms with Crippen LogP contribution in [-0.4, -0.2) is 22.4 Å². The summed E-state index contributed by atoms with van der Waals surface area (Å²) in [5, 5.41) is 2.45. The molecule has 0 fully saturated rings. The van der Waals surface area contributed by atoms with Crippen LogP contribution in [0, 0.1) is 17.7 Å². The van der Waals surface area contributed by atoms with E-state index in [1.165, 1.54) is 18.3 Å². The number of aromatic amines is 2. The van der Waals surface area contributed by atoms with Gasteiger partial charge in [0.05, 0.1) is 12.1 Å². The molecule has 1 heterocycles. The fraction of sp³-hybridized carbons (Fsp3) is 0.0769. The zero-order valence-electron chi connectivity index (χ0n) is 10.3. The molecule has 0 aliphatic rings. The van der Waals surface area contributed by atoms with Crippen molar-refractivity contribution < 1.29 is 9.18 Å². The number of anilines is 1. The van der Waals surface area contributed by atoms with E-state index >= 15 is 0 Å². The van der Waals surface area contributed by atoms with Crippen molar-refractivity contribution in [3.63, 3.8) is 0 Å². The van der Waals surface area contributed by atoms with E-state index in [4.69, 9.17) is 5.73 Å². The van der Waals surface area contributed by atoms with Gasteiger partial charge in [0.1, 0.15) is 11.5 Å². The third-order valence-electron chi connectivity index (χ3n) is 2.39. The average Bonchev–Trinajstić information content (AvgIpc) is 2.85. The Kier molecular flexibility index (Phi) is 3.98. The highest BCUT2D eigenvalue weighted by Gasteiger charge is 2.09. The molecule has 0 saturated heterocycles. The Balaban J connectivity index is 2.16. The van der Waals surface area contributed by atoms with Gasteiger partial charge in [-0.25, -0.2) is 9.18 Å². The van der Waals surface area contributed by atoms with Crippen LogP contribution in [0.15, 0.2) is 29.2 Å². The van der Waals surface area contributed by atoms with Crippen molar-refractivity contribution in [2.75, 3.05) is 11.9 Å². The monoisotopic (exact) mass is 274 g/mol. The number of halogens is 1. The first-order chi connectivity index (χ1) is 9.60. The number of hydrogen-bond donors (Lipinski definition) is 4. The zero-order chi connectivity index (χ0) is 14.5. The molecule has 20 heavy (non-hydrogen) atoms. The van der Waals surface area contributed by atoms with Crippen LogP contribution in [0.3, 0.4) is 0 Å². The highest BCUT2D eigenvalue weighted by atomic mass is 19.1. The number of rotatable bonds is 2. The van der Waals surface area contributed by atoms with Gasteiger partial charge < -0.3 is 21.0 Å². The van der Waals surface area contributed by atoms with Crippen LogP contribution in [0.1, 0.15) is 16.1 Å². The Morgan fingerprint density at radius 3 is 2.85 bits per heavy atom. The highest BCUT2D eigenvalue weighted by Crippen LogP contribution is 2.14. The Hall–Kier alpha value is -2.85. The smallest absolute Gasteiger partial charge is 0.321 e. The van der Waals surface area contributed by atoms with Gasteiger partial charge in [-0.1, -0.05) is 11.8 Å². The van der Waals surface area contributed by atoms with E-state index in [2.05, 4.69) is 27.1 Å². The van der Waals surface area contributed by atoms with Gasteiger partial charge in [-0.3, -0.25) is 4.79 Å². The predicted molar refractivity (Wildman–Crippen MR) is 71.7 cm³/mol. The Morgan fingerprint density at radius 1 is 1.45 bits per heavy atom. The van der Waals surface area contributed by atoms with Gasteiger partial charge in [0, 0.05) is 11.9 Å². The van der Waals surface area contributed by atoms with Gasteiger partial charge in [-0.2, -0.15) is 0 Å². The van der Waals surface area contributed by atoms with Crippen molar-refractivity contribution in [3.8, 4) is 11.8 Å². The standard InChI is InChI=1S/C13H11FN4O2/c14-10-6-9(4-3-8(10)2-1-5-15)17-12(19)11-7-16-13(20)18-11/h3-4,6-7H,5,15H2,(H,17,19)(H2,16,18,20). The molecule has 2 aromatic rings. The quantitative estimate of drug-likeness (QED) is 0.596. The van der Waals surface area contributed by atoms with Gasteiger partial charge in [0.25, 0.3) is 5.91 Å². The maximum absolute atomic E-state index is 13.7. The topological polar surface area (TPSA) is 104 Å². The number of carbonyl (C=O) groups excluding carboxylic acids is 1. The number of H-pyrrole nitrogens is 2. The third-order valence-corrected chi connectivity index (χ3v) is 2.39. The molecule has 7 heteroatoms. The van der Waals surface area contributed by atoms with Crippen LogP contribution in [0.4, 0.5) is 10.1 Å². The van der Waals surface area contributed by atoms with E-state index in [1.807, 2.05) is 0 Å². The lowest BCUT2D eigenvalue weighted by Gasteiger charge is -2.04. The first-order valence-corrected chi connectivity index (χ1v) is 5.67. The van der Waals surface area contributed by atoms with E-state index in [9.17, 15) is 14.0 Å². The second-order valence-corrected chi connectivity index (χ2v) is 3.81. The second kappa shape index (κ2) is 5.86. The molecule has 0 spiro atoms. The van der Waals surface area contributed by atoms with Crippen molar-refractivity contribution in [2.24, 2.45) is 5.73 Å². The van der Waals surface area contributed by atoms with Crippen molar-refractivity contribution in [2.45, 2.75) is 0 Å². The van der Waals surface area contributed by atoms with Crippen LogP contribution in [0.2, 0.25) is 0 Å². The highest BCUT2D eigenvalue weighted by molar-refractivity contribution is 6.02. The largest absolute Gasteiger partial charge is 0.323 e. The molecule has 1 aromatic carbocycles. The Bertz CT molecular complexity index is 751. The number of carbonyl (C=O) groups is 1. The van der Waals surface area contributed by atoms with Crippen LogP contribution in [-0.2, 0) is 0 Å². The molecule has 0 atom stereocenters. The first kappa shape index (κ1) is 13.6. The number of aromatic nitrogens is 2. The van der Waals surface area contributed by atoms with Crippen molar-refractivity contribution in [1.29, 1.82) is 0 Å². The Labute approximate surface area is 113 Å². The number of hydrogen-bond acceptors (Lipinski definition) is 3. The fourth-order valence-electron chi connectivity index (χ4n) is 1.49. The van der Waals surface area contributed by atoms with E-state index in [0.717, 1.165) is 6.07 Å². The van der Waals surface area contributed by atoms with Gasteiger partial charge in [0.2, 0.25) is 0 Å². The summed E-state index contributed by atoms with van der Waals surface area (Å²) in [6, 6.07) is 4.09. The van der Waals surface area contributed by atoms with E-state index in [1.54, 1.807) is 0 Å². The second-order valence-electron chi connectivity index (χ2n) is 3.81. The summed E-state index contributed by atoms with van der Waals surface area (Å²) in [5.41, 5.74) is 5.22. The molecule has 5 N–H and O–H groups in total. The van der Waals surface area contributed by atoms with Crippen LogP contribution in [0.25, 0.3) is 0 Å². The summed E-state index contributed by atoms with van der Waals surface area (Å²) in [5.74, 6) is 4.00. The van der Waals surface area contributed by atoms with Gasteiger partial charge >= 0.3 is 5.69 Å². The number of nitrogens with two attached hydrogens (primary N) is 1. The van der Waals surface area contributed by atoms with Crippen LogP contribution < -0.4 is 16.7 Å². The number of imidazole rings is 1. The molecule has 0 saturated carbocycles. The number of amides is 1. The third kappa shape index (κ3) is 3.13. The van der Waals surface area contributed by atoms with Gasteiger partial charge in [-0.05, 0) is 18.2 Å². The molecular weight excluding hydrogens is 263 g/mol. The summed E-state index contributed by atoms with van der Waals surface area (Å²) in [6.07, 6.45) is 1.23. The molecule has 0 unspecified atom stereocenters. The van der Waals surface area contributed by atoms with E-state index < -0.39 is 17.4 Å². The van der Waals surface area contributed by atoms with Gasteiger partial charge in [-0.15, -0.1) is 0 Å². The minimum atomic E-state index is -0.564. The molecular formula is C13H11FN4O2. The molecule has 6 nitrogen and oxygen atoms in total. The van der Waals surface area contributed by atoms with Crippen molar-refractivity contribution in [3.05, 3.63) is 52.0 Å². The average molecular weight is 274 g/mol. The molecule has 0 aliphatic carbocycles. The molecule has 102 valence electrons. The van der Waals surface area contributed by atoms with E-state index in [-0.39, 0.29) is 23.5 Å². The SMILES string of the molecule is NCC#Cc1ccc(NC(=O)c2c[nH]c(=O)[nH]2)cc1F. The number of nitrogens with one attached hydrogen (secondary N) is 3. The summed E-state index contributed by atoms with van der Waals surface area (Å²) in [7, 11) is 0. The molecule has 2 rings (SSSR count). The molecule has 0 bridgehead atoms. The first-order valence-electron chi connectivity index (χ1n) is 5.67. The van der Waals surface area contributed by atoms with Crippen LogP contribution in [0.5, 0.6) is 0 Å². The lowest BCUT2D eigenvalue weighted by molar-refractivity contribution is 0.102. The summed E-state index contributed by atoms with van der Waals surface area (Å²) < 4.78 is 13.7. The molecule has 0 radical (unpaired) electrons. The molecule has 0 aliphatic heterocycles. The Morgan fingerprint density at radius 2 is 2.25 bits per heavy atom. The number of benzene rings is 1. The lowest BCUT2D eigenvalue weighted by atomic mass is 10.2. The van der Waals surface area contributed by atoms with E-state index in [0.29, 0.717) is 0 Å². The van der Waals surface area contributed by atoms with Crippen molar-refractivity contribution in [1.82, 2.24) is 9.97 Å². The summed E-state index contributed by atoms with van der Waals surface area (Å²) in [6.45, 7) is 0.138. The maximum atomic E-state index is 13.7. The minimum Gasteiger partial charge on any atom is -0.321 e. The predicted octanol–water partition coefficient (Wildman–Crippen LogP) is 0.405. The summed E-state index contributed by atoms with van der Waals surface area (Å²) in [4.78, 5) is 27.2. The van der Waals surface area contributed by atoms with Crippen LogP contribution >= 0.6 is 0 Å².